The Morgan fingerprint density at radius 3 is 2.18 bits per heavy atom. The molecule has 8 heteroatoms. The van der Waals surface area contributed by atoms with Crippen molar-refractivity contribution in [2.24, 2.45) is 5.92 Å². The molecule has 0 aromatic heterocycles. The summed E-state index contributed by atoms with van der Waals surface area (Å²) in [5.41, 5.74) is 0. The smallest absolute Gasteiger partial charge is 0.243 e. The second-order valence-electron chi connectivity index (χ2n) is 7.26. The van der Waals surface area contributed by atoms with Gasteiger partial charge in [-0.1, -0.05) is 26.7 Å². The lowest BCUT2D eigenvalue weighted by Crippen LogP contribution is -2.50. The molecule has 0 radical (unpaired) electrons. The van der Waals surface area contributed by atoms with Crippen molar-refractivity contribution in [3.8, 4) is 0 Å². The molecule has 1 aliphatic rings. The average molecular weight is 414 g/mol. The number of rotatable bonds is 10. The van der Waals surface area contributed by atoms with Crippen molar-refractivity contribution in [1.82, 2.24) is 14.5 Å². The Labute approximate surface area is 168 Å². The van der Waals surface area contributed by atoms with Crippen molar-refractivity contribution in [3.63, 3.8) is 0 Å². The van der Waals surface area contributed by atoms with Crippen LogP contribution in [0.5, 0.6) is 0 Å². The number of nitrogens with zero attached hydrogens (tertiary/aromatic N) is 2. The van der Waals surface area contributed by atoms with E-state index in [1.807, 2.05) is 0 Å². The van der Waals surface area contributed by atoms with Crippen LogP contribution in [0.2, 0.25) is 0 Å². The molecule has 0 unspecified atom stereocenters. The van der Waals surface area contributed by atoms with Crippen LogP contribution in [0.15, 0.2) is 29.2 Å². The number of carbonyl (C=O) groups excluding carboxylic acids is 1. The number of hydrogen-bond acceptors (Lipinski definition) is 4. The van der Waals surface area contributed by atoms with E-state index in [0.29, 0.717) is 39.3 Å². The SMILES string of the molecule is CCCC(CCC)C(=O)NCCN1CCN(S(=O)(=O)c2ccc(F)cc2)CC1. The lowest BCUT2D eigenvalue weighted by Gasteiger charge is -2.34. The van der Waals surface area contributed by atoms with E-state index in [0.717, 1.165) is 37.8 Å². The van der Waals surface area contributed by atoms with E-state index in [-0.39, 0.29) is 16.7 Å². The molecule has 2 rings (SSSR count). The van der Waals surface area contributed by atoms with Gasteiger partial charge in [-0.3, -0.25) is 9.69 Å². The monoisotopic (exact) mass is 413 g/mol. The maximum Gasteiger partial charge on any atom is 0.243 e. The van der Waals surface area contributed by atoms with Crippen molar-refractivity contribution >= 4 is 15.9 Å². The molecule has 1 heterocycles. The van der Waals surface area contributed by atoms with Crippen LogP contribution >= 0.6 is 0 Å². The quantitative estimate of drug-likeness (QED) is 0.640. The van der Waals surface area contributed by atoms with Crippen LogP contribution in [0.4, 0.5) is 4.39 Å². The molecule has 0 saturated carbocycles. The summed E-state index contributed by atoms with van der Waals surface area (Å²) in [4.78, 5) is 14.6. The number of halogens is 1. The van der Waals surface area contributed by atoms with Crippen molar-refractivity contribution in [3.05, 3.63) is 30.1 Å². The lowest BCUT2D eigenvalue weighted by atomic mass is 9.97. The summed E-state index contributed by atoms with van der Waals surface area (Å²) in [6, 6.07) is 4.93. The number of nitrogens with one attached hydrogen (secondary N) is 1. The third-order valence-corrected chi connectivity index (χ3v) is 7.07. The van der Waals surface area contributed by atoms with Crippen LogP contribution in [-0.4, -0.2) is 62.8 Å². The van der Waals surface area contributed by atoms with Crippen molar-refractivity contribution < 1.29 is 17.6 Å². The second-order valence-corrected chi connectivity index (χ2v) is 9.20. The molecule has 1 amide bonds. The molecule has 28 heavy (non-hydrogen) atoms. The zero-order valence-corrected chi connectivity index (χ0v) is 17.7. The summed E-state index contributed by atoms with van der Waals surface area (Å²) in [5.74, 6) is -0.236. The Bertz CT molecular complexity index is 711. The molecular weight excluding hydrogens is 381 g/mol. The van der Waals surface area contributed by atoms with Gasteiger partial charge in [-0.2, -0.15) is 4.31 Å². The number of benzene rings is 1. The molecular formula is C20H32FN3O3S. The van der Waals surface area contributed by atoms with E-state index in [1.165, 1.54) is 16.4 Å². The normalized spacial score (nSPS) is 16.4. The fourth-order valence-corrected chi connectivity index (χ4v) is 4.96. The predicted molar refractivity (Wildman–Crippen MR) is 108 cm³/mol. The van der Waals surface area contributed by atoms with Crippen molar-refractivity contribution in [2.45, 2.75) is 44.4 Å². The Kier molecular flexibility index (Phi) is 8.85. The van der Waals surface area contributed by atoms with E-state index in [1.54, 1.807) is 0 Å². The van der Waals surface area contributed by atoms with Gasteiger partial charge in [0.25, 0.3) is 0 Å². The van der Waals surface area contributed by atoms with Gasteiger partial charge in [-0.15, -0.1) is 0 Å². The molecule has 0 bridgehead atoms. The maximum atomic E-state index is 13.0. The minimum atomic E-state index is -3.59. The number of carbonyl (C=O) groups is 1. The highest BCUT2D eigenvalue weighted by molar-refractivity contribution is 7.89. The highest BCUT2D eigenvalue weighted by Crippen LogP contribution is 2.18. The third-order valence-electron chi connectivity index (χ3n) is 5.15. The Balaban J connectivity index is 1.77. The van der Waals surface area contributed by atoms with E-state index >= 15 is 0 Å². The van der Waals surface area contributed by atoms with E-state index in [2.05, 4.69) is 24.1 Å². The Hall–Kier alpha value is -1.51. The molecule has 0 spiro atoms. The largest absolute Gasteiger partial charge is 0.355 e. The van der Waals surface area contributed by atoms with Gasteiger partial charge in [0.05, 0.1) is 4.90 Å². The molecule has 6 nitrogen and oxygen atoms in total. The predicted octanol–water partition coefficient (Wildman–Crippen LogP) is 2.46. The Morgan fingerprint density at radius 2 is 1.64 bits per heavy atom. The first-order valence-corrected chi connectivity index (χ1v) is 11.6. The standard InChI is InChI=1S/C20H32FN3O3S/c1-3-5-17(6-4-2)20(25)22-11-12-23-13-15-24(16-14-23)28(26,27)19-9-7-18(21)8-10-19/h7-10,17H,3-6,11-16H2,1-2H3,(H,22,25). The highest BCUT2D eigenvalue weighted by atomic mass is 32.2. The highest BCUT2D eigenvalue weighted by Gasteiger charge is 2.28. The summed E-state index contributed by atoms with van der Waals surface area (Å²) < 4.78 is 39.7. The maximum absolute atomic E-state index is 13.0. The van der Waals surface area contributed by atoms with Crippen LogP contribution < -0.4 is 5.32 Å². The van der Waals surface area contributed by atoms with Crippen LogP contribution in [-0.2, 0) is 14.8 Å². The van der Waals surface area contributed by atoms with Gasteiger partial charge in [0.1, 0.15) is 5.82 Å². The first-order valence-electron chi connectivity index (χ1n) is 10.1. The van der Waals surface area contributed by atoms with Gasteiger partial charge in [0.15, 0.2) is 0 Å². The molecule has 1 aromatic carbocycles. The summed E-state index contributed by atoms with van der Waals surface area (Å²) >= 11 is 0. The van der Waals surface area contributed by atoms with Gasteiger partial charge >= 0.3 is 0 Å². The van der Waals surface area contributed by atoms with Gasteiger partial charge in [0, 0.05) is 45.2 Å². The fraction of sp³-hybridized carbons (Fsp3) is 0.650. The molecule has 158 valence electrons. The summed E-state index contributed by atoms with van der Waals surface area (Å²) in [5, 5.41) is 3.02. The number of hydrogen-bond donors (Lipinski definition) is 1. The fourth-order valence-electron chi connectivity index (χ4n) is 3.53. The summed E-state index contributed by atoms with van der Waals surface area (Å²) in [6.45, 7) is 7.48. The number of amides is 1. The first-order chi connectivity index (χ1) is 13.4. The van der Waals surface area contributed by atoms with Crippen LogP contribution in [0.3, 0.4) is 0 Å². The third kappa shape index (κ3) is 6.25. The molecule has 1 N–H and O–H groups in total. The minimum absolute atomic E-state index is 0.0905. The van der Waals surface area contributed by atoms with E-state index < -0.39 is 15.8 Å². The van der Waals surface area contributed by atoms with E-state index in [9.17, 15) is 17.6 Å². The summed E-state index contributed by atoms with van der Waals surface area (Å²) in [6.07, 6.45) is 3.84. The molecule has 1 fully saturated rings. The molecule has 0 aliphatic carbocycles. The molecule has 1 aromatic rings. The van der Waals surface area contributed by atoms with Crippen LogP contribution in [0.25, 0.3) is 0 Å². The average Bonchev–Trinajstić information content (AvgIpc) is 2.68. The second kappa shape index (κ2) is 10.9. The number of sulfonamides is 1. The van der Waals surface area contributed by atoms with Gasteiger partial charge in [-0.25, -0.2) is 12.8 Å². The topological polar surface area (TPSA) is 69.7 Å². The summed E-state index contributed by atoms with van der Waals surface area (Å²) in [7, 11) is -3.59. The molecule has 1 aliphatic heterocycles. The molecule has 0 atom stereocenters. The number of piperazine rings is 1. The van der Waals surface area contributed by atoms with Crippen LogP contribution in [0, 0.1) is 11.7 Å². The lowest BCUT2D eigenvalue weighted by molar-refractivity contribution is -0.125. The Morgan fingerprint density at radius 1 is 1.07 bits per heavy atom. The van der Waals surface area contributed by atoms with Gasteiger partial charge in [0.2, 0.25) is 15.9 Å². The van der Waals surface area contributed by atoms with Crippen molar-refractivity contribution in [2.75, 3.05) is 39.3 Å². The minimum Gasteiger partial charge on any atom is -0.355 e. The molecule has 1 saturated heterocycles. The zero-order valence-electron chi connectivity index (χ0n) is 16.9. The zero-order chi connectivity index (χ0) is 20.6. The van der Waals surface area contributed by atoms with E-state index in [4.69, 9.17) is 0 Å². The first kappa shape index (κ1) is 22.8. The van der Waals surface area contributed by atoms with Crippen molar-refractivity contribution in [1.29, 1.82) is 0 Å². The van der Waals surface area contributed by atoms with Gasteiger partial charge in [-0.05, 0) is 37.1 Å². The van der Waals surface area contributed by atoms with Crippen LogP contribution in [0.1, 0.15) is 39.5 Å². The van der Waals surface area contributed by atoms with Gasteiger partial charge < -0.3 is 5.32 Å².